The van der Waals surface area contributed by atoms with Crippen LogP contribution >= 0.6 is 0 Å². The van der Waals surface area contributed by atoms with Gasteiger partial charge in [-0.2, -0.15) is 0 Å². The molecule has 0 saturated heterocycles. The Morgan fingerprint density at radius 1 is 1.13 bits per heavy atom. The van der Waals surface area contributed by atoms with Crippen LogP contribution in [0.25, 0.3) is 0 Å². The summed E-state index contributed by atoms with van der Waals surface area (Å²) in [5, 5.41) is 10.6. The van der Waals surface area contributed by atoms with E-state index in [1.807, 2.05) is 0 Å². The van der Waals surface area contributed by atoms with Gasteiger partial charge >= 0.3 is 11.9 Å². The summed E-state index contributed by atoms with van der Waals surface area (Å²) in [5.41, 5.74) is 0.101. The van der Waals surface area contributed by atoms with E-state index in [-0.39, 0.29) is 24.6 Å². The Morgan fingerprint density at radius 2 is 1.74 bits per heavy atom. The topological polar surface area (TPSA) is 108 Å². The first kappa shape index (κ1) is 18.0. The molecule has 23 heavy (non-hydrogen) atoms. The zero-order chi connectivity index (χ0) is 17.2. The number of hydrogen-bond acceptors (Lipinski definition) is 7. The zero-order valence-electron chi connectivity index (χ0n) is 12.7. The standard InChI is InChI=1S/C15H16N2O6/c1-3-22-14(18)10-9-13(15(19)23-4-2)16-11-5-7-12(8-6-11)17(20)21/h5-10H,3-4H2,1-2H3/b10-9+,16-13?. The maximum atomic E-state index is 11.8. The number of nitro benzene ring substituents is 1. The van der Waals surface area contributed by atoms with Crippen LogP contribution in [-0.4, -0.2) is 35.8 Å². The molecule has 1 aromatic rings. The van der Waals surface area contributed by atoms with Gasteiger partial charge in [-0.05, 0) is 32.1 Å². The SMILES string of the molecule is CCOC(=O)/C=C/C(=Nc1ccc([N+](=O)[O-])cc1)C(=O)OCC. The van der Waals surface area contributed by atoms with Crippen molar-refractivity contribution in [3.63, 3.8) is 0 Å². The van der Waals surface area contributed by atoms with Crippen LogP contribution in [0.2, 0.25) is 0 Å². The van der Waals surface area contributed by atoms with Crippen molar-refractivity contribution in [2.24, 2.45) is 4.99 Å². The summed E-state index contributed by atoms with van der Waals surface area (Å²) in [6.45, 7) is 3.64. The number of benzene rings is 1. The number of aliphatic imine (C=N–C) groups is 1. The van der Waals surface area contributed by atoms with Crippen molar-refractivity contribution in [2.75, 3.05) is 13.2 Å². The summed E-state index contributed by atoms with van der Waals surface area (Å²) in [4.78, 5) is 37.2. The van der Waals surface area contributed by atoms with E-state index in [0.29, 0.717) is 5.69 Å². The summed E-state index contributed by atoms with van der Waals surface area (Å²) in [6.07, 6.45) is 2.24. The van der Waals surface area contributed by atoms with E-state index in [4.69, 9.17) is 9.47 Å². The van der Waals surface area contributed by atoms with Gasteiger partial charge in [0.05, 0.1) is 23.8 Å². The van der Waals surface area contributed by atoms with Crippen LogP contribution < -0.4 is 0 Å². The van der Waals surface area contributed by atoms with E-state index >= 15 is 0 Å². The van der Waals surface area contributed by atoms with E-state index in [0.717, 1.165) is 6.08 Å². The highest BCUT2D eigenvalue weighted by Crippen LogP contribution is 2.18. The van der Waals surface area contributed by atoms with Gasteiger partial charge < -0.3 is 9.47 Å². The minimum absolute atomic E-state index is 0.0938. The molecule has 8 heteroatoms. The lowest BCUT2D eigenvalue weighted by Crippen LogP contribution is -2.15. The van der Waals surface area contributed by atoms with Crippen molar-refractivity contribution in [1.82, 2.24) is 0 Å². The molecule has 0 aliphatic rings. The van der Waals surface area contributed by atoms with Gasteiger partial charge in [0.2, 0.25) is 0 Å². The van der Waals surface area contributed by atoms with Crippen molar-refractivity contribution in [2.45, 2.75) is 13.8 Å². The number of rotatable bonds is 7. The Morgan fingerprint density at radius 3 is 2.26 bits per heavy atom. The van der Waals surface area contributed by atoms with Crippen molar-refractivity contribution in [1.29, 1.82) is 0 Å². The Hall–Kier alpha value is -3.03. The predicted molar refractivity (Wildman–Crippen MR) is 82.6 cm³/mol. The molecule has 0 heterocycles. The molecule has 0 N–H and O–H groups in total. The Bertz CT molecular complexity index is 634. The molecule has 0 aliphatic heterocycles. The van der Waals surface area contributed by atoms with Crippen molar-refractivity contribution >= 4 is 29.0 Å². The lowest BCUT2D eigenvalue weighted by Gasteiger charge is -2.02. The first-order chi connectivity index (χ1) is 11.0. The van der Waals surface area contributed by atoms with E-state index in [1.165, 1.54) is 30.3 Å². The largest absolute Gasteiger partial charge is 0.463 e. The van der Waals surface area contributed by atoms with Crippen molar-refractivity contribution in [3.05, 3.63) is 46.5 Å². The van der Waals surface area contributed by atoms with Crippen molar-refractivity contribution < 1.29 is 24.0 Å². The van der Waals surface area contributed by atoms with Gasteiger partial charge in [0, 0.05) is 18.2 Å². The molecule has 0 amide bonds. The highest BCUT2D eigenvalue weighted by Gasteiger charge is 2.11. The highest BCUT2D eigenvalue weighted by atomic mass is 16.6. The number of non-ortho nitro benzene ring substituents is 1. The molecule has 0 atom stereocenters. The van der Waals surface area contributed by atoms with Crippen LogP contribution in [0.4, 0.5) is 11.4 Å². The number of carbonyl (C=O) groups excluding carboxylic acids is 2. The quantitative estimate of drug-likeness (QED) is 0.251. The van der Waals surface area contributed by atoms with Crippen LogP contribution in [-0.2, 0) is 19.1 Å². The summed E-state index contributed by atoms with van der Waals surface area (Å²) in [5.74, 6) is -1.33. The van der Waals surface area contributed by atoms with Gasteiger partial charge in [0.25, 0.3) is 5.69 Å². The molecule has 0 aliphatic carbocycles. The maximum Gasteiger partial charge on any atom is 0.356 e. The van der Waals surface area contributed by atoms with Gasteiger partial charge in [-0.25, -0.2) is 14.6 Å². The fourth-order valence-corrected chi connectivity index (χ4v) is 1.48. The Balaban J connectivity index is 3.04. The molecule has 1 aromatic carbocycles. The van der Waals surface area contributed by atoms with Crippen LogP contribution in [0.5, 0.6) is 0 Å². The fraction of sp³-hybridized carbons (Fsp3) is 0.267. The van der Waals surface area contributed by atoms with Crippen LogP contribution in [0.3, 0.4) is 0 Å². The van der Waals surface area contributed by atoms with Crippen LogP contribution in [0, 0.1) is 10.1 Å². The average molecular weight is 320 g/mol. The van der Waals surface area contributed by atoms with Gasteiger partial charge in [-0.15, -0.1) is 0 Å². The van der Waals surface area contributed by atoms with E-state index in [2.05, 4.69) is 4.99 Å². The first-order valence-corrected chi connectivity index (χ1v) is 6.83. The lowest BCUT2D eigenvalue weighted by atomic mass is 10.2. The van der Waals surface area contributed by atoms with Gasteiger partial charge in [-0.3, -0.25) is 10.1 Å². The summed E-state index contributed by atoms with van der Waals surface area (Å²) in [6, 6.07) is 5.29. The minimum Gasteiger partial charge on any atom is -0.463 e. The van der Waals surface area contributed by atoms with E-state index in [1.54, 1.807) is 13.8 Å². The monoisotopic (exact) mass is 320 g/mol. The molecular formula is C15H16N2O6. The third-order valence-corrected chi connectivity index (χ3v) is 2.46. The summed E-state index contributed by atoms with van der Waals surface area (Å²) >= 11 is 0. The Labute approximate surface area is 132 Å². The molecule has 0 fully saturated rings. The zero-order valence-corrected chi connectivity index (χ0v) is 12.7. The van der Waals surface area contributed by atoms with Crippen LogP contribution in [0.15, 0.2) is 41.4 Å². The molecule has 8 nitrogen and oxygen atoms in total. The predicted octanol–water partition coefficient (Wildman–Crippen LogP) is 2.35. The Kier molecular flexibility index (Phi) is 7.12. The fourth-order valence-electron chi connectivity index (χ4n) is 1.48. The minimum atomic E-state index is -0.716. The number of nitrogens with zero attached hydrogens (tertiary/aromatic N) is 2. The second kappa shape index (κ2) is 9.08. The number of carbonyl (C=O) groups is 2. The van der Waals surface area contributed by atoms with E-state index in [9.17, 15) is 19.7 Å². The van der Waals surface area contributed by atoms with Crippen LogP contribution in [0.1, 0.15) is 13.8 Å². The molecule has 122 valence electrons. The molecular weight excluding hydrogens is 304 g/mol. The maximum absolute atomic E-state index is 11.8. The van der Waals surface area contributed by atoms with Gasteiger partial charge in [0.15, 0.2) is 0 Å². The molecule has 0 unspecified atom stereocenters. The summed E-state index contributed by atoms with van der Waals surface area (Å²) in [7, 11) is 0. The molecule has 0 radical (unpaired) electrons. The molecule has 0 aromatic heterocycles. The smallest absolute Gasteiger partial charge is 0.356 e. The third kappa shape index (κ3) is 6.08. The van der Waals surface area contributed by atoms with E-state index < -0.39 is 16.9 Å². The summed E-state index contributed by atoms with van der Waals surface area (Å²) < 4.78 is 9.57. The second-order valence-electron chi connectivity index (χ2n) is 4.08. The van der Waals surface area contributed by atoms with Crippen molar-refractivity contribution in [3.8, 4) is 0 Å². The molecule has 0 bridgehead atoms. The van der Waals surface area contributed by atoms with Gasteiger partial charge in [0.1, 0.15) is 5.71 Å². The van der Waals surface area contributed by atoms with Gasteiger partial charge in [-0.1, -0.05) is 0 Å². The third-order valence-electron chi connectivity index (χ3n) is 2.46. The molecule has 1 rings (SSSR count). The number of hydrogen-bond donors (Lipinski definition) is 0. The number of ether oxygens (including phenoxy) is 2. The molecule has 0 saturated carbocycles. The normalized spacial score (nSPS) is 11.3. The first-order valence-electron chi connectivity index (χ1n) is 6.83. The average Bonchev–Trinajstić information content (AvgIpc) is 2.52. The number of nitro groups is 1. The molecule has 0 spiro atoms. The highest BCUT2D eigenvalue weighted by molar-refractivity contribution is 6.42. The number of esters is 2. The second-order valence-corrected chi connectivity index (χ2v) is 4.08. The lowest BCUT2D eigenvalue weighted by molar-refractivity contribution is -0.384.